The molecule has 272 valence electrons. The number of aliphatic hydroxyl groups is 1. The summed E-state index contributed by atoms with van der Waals surface area (Å²) >= 11 is 0. The minimum atomic E-state index is -4.60. The summed E-state index contributed by atoms with van der Waals surface area (Å²) in [7, 11) is 3.60. The maximum Gasteiger partial charge on any atom is 0.410 e. The molecule has 0 aromatic rings. The fraction of sp³-hybridized carbons (Fsp3) is 0.824. The highest BCUT2D eigenvalue weighted by atomic mass is 19.3. The van der Waals surface area contributed by atoms with E-state index in [0.717, 1.165) is 5.71 Å². The smallest absolute Gasteiger partial charge is 0.410 e. The summed E-state index contributed by atoms with van der Waals surface area (Å²) in [5.74, 6) is -10.9. The maximum atomic E-state index is 16.0. The van der Waals surface area contributed by atoms with Crippen LogP contribution in [0.1, 0.15) is 67.7 Å². The second-order valence-electron chi connectivity index (χ2n) is 14.5. The zero-order chi connectivity index (χ0) is 35.9. The summed E-state index contributed by atoms with van der Waals surface area (Å²) in [5, 5.41) is 11.3. The van der Waals surface area contributed by atoms with E-state index in [0.29, 0.717) is 6.42 Å². The monoisotopic (exact) mass is 685 g/mol. The van der Waals surface area contributed by atoms with Crippen LogP contribution in [0.4, 0.5) is 13.6 Å². The number of esters is 1. The highest BCUT2D eigenvalue weighted by Gasteiger charge is 2.63. The number of cyclic esters (lactones) is 1. The molecule has 0 saturated carbocycles. The van der Waals surface area contributed by atoms with Crippen LogP contribution in [0.2, 0.25) is 0 Å². The topological polar surface area (TPSA) is 136 Å². The fourth-order valence-corrected chi connectivity index (χ4v) is 8.32. The number of amides is 1. The van der Waals surface area contributed by atoms with Gasteiger partial charge in [0.1, 0.15) is 12.2 Å². The van der Waals surface area contributed by atoms with Crippen molar-refractivity contribution in [1.82, 2.24) is 9.80 Å². The summed E-state index contributed by atoms with van der Waals surface area (Å²) in [5.41, 5.74) is -2.25. The minimum Gasteiger partial charge on any atom is -0.453 e. The Morgan fingerprint density at radius 2 is 1.81 bits per heavy atom. The van der Waals surface area contributed by atoms with Crippen molar-refractivity contribution in [1.29, 1.82) is 0 Å². The van der Waals surface area contributed by atoms with Crippen molar-refractivity contribution in [2.75, 3.05) is 33.8 Å². The lowest BCUT2D eigenvalue weighted by atomic mass is 9.73. The fourth-order valence-electron chi connectivity index (χ4n) is 8.32. The van der Waals surface area contributed by atoms with Crippen molar-refractivity contribution in [3.63, 3.8) is 0 Å². The number of carbonyl (C=O) groups excluding carboxylic acids is 3. The van der Waals surface area contributed by atoms with Crippen LogP contribution < -0.4 is 0 Å². The van der Waals surface area contributed by atoms with Crippen LogP contribution in [0.5, 0.6) is 0 Å². The molecule has 12 nitrogen and oxygen atoms in total. The minimum absolute atomic E-state index is 0.0236. The van der Waals surface area contributed by atoms with Crippen molar-refractivity contribution in [2.24, 2.45) is 22.7 Å². The Kier molecular flexibility index (Phi) is 11.5. The van der Waals surface area contributed by atoms with E-state index in [1.54, 1.807) is 34.9 Å². The quantitative estimate of drug-likeness (QED) is 0.240. The zero-order valence-electron chi connectivity index (χ0n) is 29.6. The molecule has 2 bridgehead atoms. The molecule has 12 atom stereocenters. The first-order valence-corrected chi connectivity index (χ1v) is 16.9. The van der Waals surface area contributed by atoms with Crippen LogP contribution in [0.3, 0.4) is 0 Å². The highest BCUT2D eigenvalue weighted by Crippen LogP contribution is 2.44. The van der Waals surface area contributed by atoms with Crippen molar-refractivity contribution < 1.29 is 52.0 Å². The predicted octanol–water partition coefficient (Wildman–Crippen LogP) is 3.63. The third-order valence-electron chi connectivity index (χ3n) is 10.6. The van der Waals surface area contributed by atoms with Gasteiger partial charge in [0.05, 0.1) is 42.9 Å². The predicted molar refractivity (Wildman–Crippen MR) is 172 cm³/mol. The third kappa shape index (κ3) is 6.92. The van der Waals surface area contributed by atoms with Gasteiger partial charge in [-0.2, -0.15) is 8.78 Å². The Labute approximate surface area is 282 Å². The van der Waals surface area contributed by atoms with Gasteiger partial charge in [-0.3, -0.25) is 14.7 Å². The molecular formula is C34H53F2N3O9. The molecule has 4 rings (SSSR count). The number of carbonyl (C=O) groups is 3. The summed E-state index contributed by atoms with van der Waals surface area (Å²) < 4.78 is 62.1. The Balaban J connectivity index is 1.88. The van der Waals surface area contributed by atoms with Gasteiger partial charge in [-0.15, -0.1) is 6.58 Å². The van der Waals surface area contributed by atoms with Crippen molar-refractivity contribution in [3.8, 4) is 0 Å². The lowest BCUT2D eigenvalue weighted by Gasteiger charge is -2.47. The van der Waals surface area contributed by atoms with Gasteiger partial charge >= 0.3 is 18.0 Å². The first kappa shape index (κ1) is 38.3. The van der Waals surface area contributed by atoms with Crippen LogP contribution in [-0.2, 0) is 33.3 Å². The van der Waals surface area contributed by atoms with E-state index in [4.69, 9.17) is 28.7 Å². The Morgan fingerprint density at radius 3 is 2.42 bits per heavy atom. The summed E-state index contributed by atoms with van der Waals surface area (Å²) in [4.78, 5) is 48.6. The first-order valence-electron chi connectivity index (χ1n) is 16.9. The first-order chi connectivity index (χ1) is 22.3. The van der Waals surface area contributed by atoms with Gasteiger partial charge in [0, 0.05) is 24.2 Å². The molecule has 3 fully saturated rings. The molecule has 0 spiro atoms. The molecule has 4 heterocycles. The van der Waals surface area contributed by atoms with E-state index in [9.17, 15) is 19.5 Å². The number of halogens is 2. The number of rotatable bonds is 7. The number of hydrogen-bond acceptors (Lipinski definition) is 11. The van der Waals surface area contributed by atoms with Crippen molar-refractivity contribution in [2.45, 2.75) is 128 Å². The standard InChI is InChI=1S/C34H53F2N3O9/c1-11-15-44-32(7)17-18(3)24-20(5)26-33(8,48-31(43)39(26)14-13-37-24)23(12-2)46-30(42)34(35,36)27(41)21(6)28(32)47-29-25(40)22(38(9)10)16-19(4)45-29/h11,18-23,25-26,28-29,40H,1,12-17H2,2-10H3/t18-,19-,20+,21+,22+,23-,25-,26-,28-,29+,32+,33-/m1/s1. The van der Waals surface area contributed by atoms with E-state index in [-0.39, 0.29) is 50.6 Å². The van der Waals surface area contributed by atoms with Crippen LogP contribution in [0.25, 0.3) is 0 Å². The Hall–Kier alpha value is -2.52. The normalized spacial score (nSPS) is 42.4. The van der Waals surface area contributed by atoms with E-state index < -0.39 is 77.4 Å². The zero-order valence-corrected chi connectivity index (χ0v) is 29.6. The van der Waals surface area contributed by atoms with E-state index in [2.05, 4.69) is 6.58 Å². The average molecular weight is 686 g/mol. The number of Topliss-reactive ketones (excluding diaryl/α,β-unsaturated/α-hetero) is 1. The molecule has 4 aliphatic rings. The van der Waals surface area contributed by atoms with E-state index in [1.165, 1.54) is 17.9 Å². The molecule has 0 radical (unpaired) electrons. The molecular weight excluding hydrogens is 632 g/mol. The number of aliphatic imine (C=N–C) groups is 1. The molecule has 0 unspecified atom stereocenters. The number of likely N-dealkylation sites (N-methyl/N-ethyl adjacent to an activating group) is 1. The van der Waals surface area contributed by atoms with Gasteiger partial charge in [0.2, 0.25) is 5.78 Å². The number of ketones is 1. The lowest BCUT2D eigenvalue weighted by Crippen LogP contribution is -2.61. The molecule has 1 amide bonds. The van der Waals surface area contributed by atoms with E-state index in [1.807, 2.05) is 25.7 Å². The van der Waals surface area contributed by atoms with Gasteiger partial charge in [-0.05, 0) is 60.0 Å². The van der Waals surface area contributed by atoms with Gasteiger partial charge < -0.3 is 33.7 Å². The second kappa shape index (κ2) is 14.4. The van der Waals surface area contributed by atoms with Gasteiger partial charge in [0.25, 0.3) is 0 Å². The third-order valence-corrected chi connectivity index (χ3v) is 10.6. The number of alkyl halides is 2. The Morgan fingerprint density at radius 1 is 1.15 bits per heavy atom. The summed E-state index contributed by atoms with van der Waals surface area (Å²) in [6.07, 6.45) is -4.11. The van der Waals surface area contributed by atoms with Crippen LogP contribution in [0, 0.1) is 17.8 Å². The van der Waals surface area contributed by atoms with E-state index >= 15 is 8.78 Å². The maximum absolute atomic E-state index is 16.0. The number of aliphatic hydroxyl groups excluding tert-OH is 1. The summed E-state index contributed by atoms with van der Waals surface area (Å²) in [6.45, 7) is 16.0. The van der Waals surface area contributed by atoms with Gasteiger partial charge in [-0.1, -0.05) is 33.8 Å². The Bertz CT molecular complexity index is 1270. The molecule has 14 heteroatoms. The molecule has 4 aliphatic heterocycles. The number of hydrogen-bond donors (Lipinski definition) is 1. The molecule has 1 N–H and O–H groups in total. The summed E-state index contributed by atoms with van der Waals surface area (Å²) in [6, 6.07) is -1.10. The SMILES string of the molecule is C=CCO[C@@]1(C)C[C@@H](C)C2=NCCN3C(=O)O[C@](C)([C@@H](CC)OC(=O)C(F)(F)C(=O)[C@H](C)[C@H]1O[C@@H]1O[C@H](C)C[C@H](N(C)C)[C@H]1O)[C@H]3[C@H]2C. The molecule has 3 saturated heterocycles. The van der Waals surface area contributed by atoms with Gasteiger partial charge in [-0.25, -0.2) is 9.59 Å². The van der Waals surface area contributed by atoms with Crippen LogP contribution in [0.15, 0.2) is 17.6 Å². The second-order valence-corrected chi connectivity index (χ2v) is 14.5. The number of ether oxygens (including phenoxy) is 5. The van der Waals surface area contributed by atoms with Crippen molar-refractivity contribution >= 4 is 23.6 Å². The van der Waals surface area contributed by atoms with Crippen LogP contribution >= 0.6 is 0 Å². The number of fused-ring (bicyclic) bond motifs is 1. The average Bonchev–Trinajstić information content (AvgIpc) is 3.14. The van der Waals surface area contributed by atoms with Gasteiger partial charge in [0.15, 0.2) is 11.9 Å². The lowest BCUT2D eigenvalue weighted by molar-refractivity contribution is -0.297. The molecule has 0 aromatic carbocycles. The highest BCUT2D eigenvalue weighted by molar-refractivity contribution is 6.06. The number of nitrogens with zero attached hydrogens (tertiary/aromatic N) is 3. The molecule has 0 aliphatic carbocycles. The van der Waals surface area contributed by atoms with Crippen molar-refractivity contribution in [3.05, 3.63) is 12.7 Å². The van der Waals surface area contributed by atoms with Crippen LogP contribution in [-0.4, -0.2) is 132 Å². The molecule has 0 aromatic heterocycles. The molecule has 48 heavy (non-hydrogen) atoms. The largest absolute Gasteiger partial charge is 0.453 e.